The number of carbonyl (C=O) groups is 1. The third-order valence-electron chi connectivity index (χ3n) is 3.44. The number of hydrogen-bond acceptors (Lipinski definition) is 3. The Morgan fingerprint density at radius 2 is 2.00 bits per heavy atom. The second kappa shape index (κ2) is 6.89. The van der Waals surface area contributed by atoms with E-state index < -0.39 is 6.04 Å². The van der Waals surface area contributed by atoms with E-state index in [0.717, 1.165) is 25.7 Å². The Kier molecular flexibility index (Phi) is 5.81. The van der Waals surface area contributed by atoms with Crippen LogP contribution in [0.25, 0.3) is 0 Å². The minimum Gasteiger partial charge on any atom is -0.462 e. The van der Waals surface area contributed by atoms with Crippen LogP contribution in [0.3, 0.4) is 0 Å². The van der Waals surface area contributed by atoms with Crippen LogP contribution < -0.4 is 5.73 Å². The van der Waals surface area contributed by atoms with Crippen LogP contribution in [0.15, 0.2) is 0 Å². The zero-order valence-corrected chi connectivity index (χ0v) is 10.6. The molecule has 0 radical (unpaired) electrons. The highest BCUT2D eigenvalue weighted by molar-refractivity contribution is 5.76. The molecule has 1 aliphatic rings. The predicted octanol–water partition coefficient (Wildman–Crippen LogP) is 2.63. The highest BCUT2D eigenvalue weighted by atomic mass is 16.5. The van der Waals surface area contributed by atoms with E-state index in [1.165, 1.54) is 19.3 Å². The van der Waals surface area contributed by atoms with E-state index in [1.54, 1.807) is 0 Å². The van der Waals surface area contributed by atoms with Gasteiger partial charge < -0.3 is 10.5 Å². The molecule has 3 nitrogen and oxygen atoms in total. The van der Waals surface area contributed by atoms with Gasteiger partial charge in [0, 0.05) is 0 Å². The summed E-state index contributed by atoms with van der Waals surface area (Å²) in [5, 5.41) is 0. The van der Waals surface area contributed by atoms with Gasteiger partial charge in [0.2, 0.25) is 0 Å². The third-order valence-corrected chi connectivity index (χ3v) is 3.44. The number of hydrogen-bond donors (Lipinski definition) is 1. The molecule has 0 aromatic carbocycles. The van der Waals surface area contributed by atoms with Crippen molar-refractivity contribution in [1.82, 2.24) is 0 Å². The molecule has 1 fully saturated rings. The van der Waals surface area contributed by atoms with Crippen molar-refractivity contribution in [1.29, 1.82) is 0 Å². The summed E-state index contributed by atoms with van der Waals surface area (Å²) in [7, 11) is 0. The Bertz CT molecular complexity index is 212. The molecule has 2 unspecified atom stereocenters. The van der Waals surface area contributed by atoms with E-state index in [1.807, 2.05) is 6.92 Å². The molecule has 1 aliphatic carbocycles. The summed E-state index contributed by atoms with van der Waals surface area (Å²) in [6.07, 6.45) is 7.82. The average molecular weight is 227 g/mol. The molecule has 2 atom stereocenters. The molecule has 0 heterocycles. The molecule has 1 rings (SSSR count). The molecule has 0 amide bonds. The van der Waals surface area contributed by atoms with Gasteiger partial charge in [-0.1, -0.05) is 32.6 Å². The van der Waals surface area contributed by atoms with E-state index in [2.05, 4.69) is 6.92 Å². The number of esters is 1. The van der Waals surface area contributed by atoms with Crippen LogP contribution in [0.5, 0.6) is 0 Å². The van der Waals surface area contributed by atoms with E-state index in [9.17, 15) is 4.79 Å². The van der Waals surface area contributed by atoms with Crippen molar-refractivity contribution in [2.45, 2.75) is 70.9 Å². The summed E-state index contributed by atoms with van der Waals surface area (Å²) in [6, 6.07) is -0.403. The highest BCUT2D eigenvalue weighted by Crippen LogP contribution is 2.26. The first kappa shape index (κ1) is 13.5. The normalized spacial score (nSPS) is 21.4. The van der Waals surface area contributed by atoms with Crippen LogP contribution in [0.2, 0.25) is 0 Å². The fraction of sp³-hybridized carbons (Fsp3) is 0.923. The maximum absolute atomic E-state index is 11.8. The molecule has 0 saturated heterocycles. The number of rotatable bonds is 5. The van der Waals surface area contributed by atoms with Crippen molar-refractivity contribution >= 4 is 5.97 Å². The predicted molar refractivity (Wildman–Crippen MR) is 65.0 cm³/mol. The molecule has 0 bridgehead atoms. The maximum Gasteiger partial charge on any atom is 0.323 e. The van der Waals surface area contributed by atoms with Crippen molar-refractivity contribution in [3.05, 3.63) is 0 Å². The van der Waals surface area contributed by atoms with E-state index >= 15 is 0 Å². The maximum atomic E-state index is 11.8. The van der Waals surface area contributed by atoms with Crippen LogP contribution in [0, 0.1) is 5.92 Å². The minimum atomic E-state index is -0.403. The lowest BCUT2D eigenvalue weighted by Crippen LogP contribution is -2.41. The van der Waals surface area contributed by atoms with Crippen LogP contribution in [0.4, 0.5) is 0 Å². The van der Waals surface area contributed by atoms with Gasteiger partial charge in [-0.15, -0.1) is 0 Å². The minimum absolute atomic E-state index is 0.00661. The van der Waals surface area contributed by atoms with Gasteiger partial charge in [-0.25, -0.2) is 0 Å². The Morgan fingerprint density at radius 3 is 2.56 bits per heavy atom. The van der Waals surface area contributed by atoms with Crippen LogP contribution >= 0.6 is 0 Å². The van der Waals surface area contributed by atoms with Crippen molar-refractivity contribution in [2.24, 2.45) is 11.7 Å². The van der Waals surface area contributed by atoms with Gasteiger partial charge in [0.25, 0.3) is 0 Å². The number of nitrogens with two attached hydrogens (primary N) is 1. The average Bonchev–Trinajstić information content (AvgIpc) is 2.29. The number of carbonyl (C=O) groups excluding carboxylic acids is 1. The van der Waals surface area contributed by atoms with Crippen LogP contribution in [0.1, 0.15) is 58.8 Å². The van der Waals surface area contributed by atoms with Gasteiger partial charge in [0.15, 0.2) is 0 Å². The molecular weight excluding hydrogens is 202 g/mol. The van der Waals surface area contributed by atoms with Crippen LogP contribution in [-0.2, 0) is 9.53 Å². The van der Waals surface area contributed by atoms with Gasteiger partial charge in [0.05, 0.1) is 6.10 Å². The largest absolute Gasteiger partial charge is 0.462 e. The smallest absolute Gasteiger partial charge is 0.323 e. The molecule has 2 N–H and O–H groups in total. The first-order valence-corrected chi connectivity index (χ1v) is 6.61. The lowest BCUT2D eigenvalue weighted by atomic mass is 9.84. The molecule has 0 aliphatic heterocycles. The van der Waals surface area contributed by atoms with E-state index in [-0.39, 0.29) is 12.1 Å². The first-order chi connectivity index (χ1) is 7.65. The standard InChI is InChI=1S/C13H25NO2/c1-3-7-10(2)16-13(15)12(14)11-8-5-4-6-9-11/h10-12H,3-9,14H2,1-2H3. The summed E-state index contributed by atoms with van der Waals surface area (Å²) >= 11 is 0. The molecule has 16 heavy (non-hydrogen) atoms. The van der Waals surface area contributed by atoms with Crippen molar-refractivity contribution in [3.8, 4) is 0 Å². The van der Waals surface area contributed by atoms with Gasteiger partial charge in [-0.2, -0.15) is 0 Å². The van der Waals surface area contributed by atoms with Crippen molar-refractivity contribution in [2.75, 3.05) is 0 Å². The fourth-order valence-electron chi connectivity index (χ4n) is 2.43. The van der Waals surface area contributed by atoms with E-state index in [4.69, 9.17) is 10.5 Å². The van der Waals surface area contributed by atoms with Crippen LogP contribution in [-0.4, -0.2) is 18.1 Å². The SMILES string of the molecule is CCCC(C)OC(=O)C(N)C1CCCCC1. The fourth-order valence-corrected chi connectivity index (χ4v) is 2.43. The zero-order chi connectivity index (χ0) is 12.0. The van der Waals surface area contributed by atoms with Gasteiger partial charge in [-0.3, -0.25) is 4.79 Å². The molecule has 94 valence electrons. The van der Waals surface area contributed by atoms with E-state index in [0.29, 0.717) is 5.92 Å². The number of ether oxygens (including phenoxy) is 1. The first-order valence-electron chi connectivity index (χ1n) is 6.61. The second-order valence-electron chi connectivity index (χ2n) is 4.96. The second-order valence-corrected chi connectivity index (χ2v) is 4.96. The lowest BCUT2D eigenvalue weighted by Gasteiger charge is -2.27. The Labute approximate surface area is 98.7 Å². The highest BCUT2D eigenvalue weighted by Gasteiger charge is 2.28. The molecular formula is C13H25NO2. The Morgan fingerprint density at radius 1 is 1.38 bits per heavy atom. The summed E-state index contributed by atoms with van der Waals surface area (Å²) in [5.41, 5.74) is 5.96. The monoisotopic (exact) mass is 227 g/mol. The summed E-state index contributed by atoms with van der Waals surface area (Å²) in [4.78, 5) is 11.8. The zero-order valence-electron chi connectivity index (χ0n) is 10.6. The molecule has 0 spiro atoms. The summed E-state index contributed by atoms with van der Waals surface area (Å²) in [5.74, 6) is 0.142. The van der Waals surface area contributed by atoms with Gasteiger partial charge in [0.1, 0.15) is 6.04 Å². The summed E-state index contributed by atoms with van der Waals surface area (Å²) in [6.45, 7) is 4.03. The van der Waals surface area contributed by atoms with Crippen molar-refractivity contribution in [3.63, 3.8) is 0 Å². The molecule has 3 heteroatoms. The Hall–Kier alpha value is -0.570. The topological polar surface area (TPSA) is 52.3 Å². The lowest BCUT2D eigenvalue weighted by molar-refractivity contribution is -0.151. The molecule has 0 aromatic heterocycles. The summed E-state index contributed by atoms with van der Waals surface area (Å²) < 4.78 is 5.34. The quantitative estimate of drug-likeness (QED) is 0.735. The third kappa shape index (κ3) is 4.12. The Balaban J connectivity index is 2.34. The van der Waals surface area contributed by atoms with Crippen molar-refractivity contribution < 1.29 is 9.53 Å². The van der Waals surface area contributed by atoms with Gasteiger partial charge >= 0.3 is 5.97 Å². The van der Waals surface area contributed by atoms with Gasteiger partial charge in [-0.05, 0) is 32.1 Å². The molecule has 1 saturated carbocycles. The molecule has 0 aromatic rings.